The zero-order chi connectivity index (χ0) is 30.8. The summed E-state index contributed by atoms with van der Waals surface area (Å²) in [6, 6.07) is 14.6. The Morgan fingerprint density at radius 2 is 1.86 bits per heavy atom. The number of anilines is 1. The lowest BCUT2D eigenvalue weighted by molar-refractivity contribution is -0.156. The molecule has 6 atom stereocenters. The SMILES string of the molecule is C=CCCCCOC(=O)[C@H]1[C@H]2C(=O)N([C@H](CO)c3ccccc3)C(C(=O)N(CC=C)c3ccccc3Cl)C23CC[C@]1(C)S3. The first-order valence-corrected chi connectivity index (χ1v) is 16.1. The lowest BCUT2D eigenvalue weighted by Gasteiger charge is -2.40. The lowest BCUT2D eigenvalue weighted by atomic mass is 9.66. The van der Waals surface area contributed by atoms with Gasteiger partial charge in [0.15, 0.2) is 0 Å². The number of para-hydroxylation sites is 1. The Labute approximate surface area is 262 Å². The van der Waals surface area contributed by atoms with Crippen LogP contribution in [0.2, 0.25) is 5.02 Å². The van der Waals surface area contributed by atoms with Crippen LogP contribution in [0.25, 0.3) is 0 Å². The van der Waals surface area contributed by atoms with Gasteiger partial charge in [0.05, 0.1) is 46.5 Å². The molecular formula is C34H39ClN2O5S. The fourth-order valence-electron chi connectivity index (χ4n) is 7.27. The number of allylic oxidation sites excluding steroid dienone is 1. The van der Waals surface area contributed by atoms with Gasteiger partial charge in [-0.3, -0.25) is 14.4 Å². The van der Waals surface area contributed by atoms with E-state index in [0.29, 0.717) is 35.5 Å². The average molecular weight is 623 g/mol. The minimum atomic E-state index is -0.948. The molecule has 2 amide bonds. The van der Waals surface area contributed by atoms with Gasteiger partial charge in [-0.05, 0) is 56.7 Å². The zero-order valence-corrected chi connectivity index (χ0v) is 26.1. The highest BCUT2D eigenvalue weighted by Crippen LogP contribution is 2.72. The first kappa shape index (κ1) is 31.4. The van der Waals surface area contributed by atoms with Crippen LogP contribution in [-0.2, 0) is 19.1 Å². The molecule has 3 aliphatic heterocycles. The fourth-order valence-corrected chi connectivity index (χ4v) is 9.84. The van der Waals surface area contributed by atoms with E-state index in [0.717, 1.165) is 12.8 Å². The Morgan fingerprint density at radius 1 is 1.14 bits per heavy atom. The van der Waals surface area contributed by atoms with Crippen LogP contribution in [0.3, 0.4) is 0 Å². The number of ether oxygens (including phenoxy) is 1. The second-order valence-electron chi connectivity index (χ2n) is 11.7. The lowest BCUT2D eigenvalue weighted by Crippen LogP contribution is -2.56. The van der Waals surface area contributed by atoms with Gasteiger partial charge in [0.2, 0.25) is 5.91 Å². The van der Waals surface area contributed by atoms with Crippen molar-refractivity contribution < 1.29 is 24.2 Å². The summed E-state index contributed by atoms with van der Waals surface area (Å²) >= 11 is 8.16. The number of carbonyl (C=O) groups excluding carboxylic acids is 3. The van der Waals surface area contributed by atoms with Crippen molar-refractivity contribution in [2.24, 2.45) is 11.8 Å². The monoisotopic (exact) mass is 622 g/mol. The van der Waals surface area contributed by atoms with Gasteiger partial charge < -0.3 is 19.6 Å². The number of thioether (sulfide) groups is 1. The molecule has 2 aromatic rings. The van der Waals surface area contributed by atoms with E-state index < -0.39 is 39.4 Å². The van der Waals surface area contributed by atoms with Crippen molar-refractivity contribution in [2.75, 3.05) is 24.7 Å². The third-order valence-corrected chi connectivity index (χ3v) is 11.5. The van der Waals surface area contributed by atoms with Crippen LogP contribution in [-0.4, -0.2) is 63.1 Å². The van der Waals surface area contributed by atoms with Crippen molar-refractivity contribution >= 4 is 46.8 Å². The predicted molar refractivity (Wildman–Crippen MR) is 171 cm³/mol. The maximum absolute atomic E-state index is 14.9. The van der Waals surface area contributed by atoms with E-state index in [1.807, 2.05) is 49.4 Å². The van der Waals surface area contributed by atoms with E-state index in [4.69, 9.17) is 16.3 Å². The summed E-state index contributed by atoms with van der Waals surface area (Å²) in [7, 11) is 0. The number of unbranched alkanes of at least 4 members (excludes halogenated alkanes) is 2. The van der Waals surface area contributed by atoms with Crippen molar-refractivity contribution in [1.29, 1.82) is 0 Å². The molecule has 5 rings (SSSR count). The predicted octanol–water partition coefficient (Wildman–Crippen LogP) is 5.97. The van der Waals surface area contributed by atoms with Crippen molar-refractivity contribution in [1.82, 2.24) is 4.90 Å². The van der Waals surface area contributed by atoms with Gasteiger partial charge in [0.25, 0.3) is 5.91 Å². The number of likely N-dealkylation sites (tertiary alicyclic amines) is 1. The fraction of sp³-hybridized carbons (Fsp3) is 0.441. The summed E-state index contributed by atoms with van der Waals surface area (Å²) in [5.74, 6) is -2.48. The van der Waals surface area contributed by atoms with Crippen LogP contribution < -0.4 is 4.90 Å². The van der Waals surface area contributed by atoms with Gasteiger partial charge in [-0.1, -0.05) is 66.2 Å². The summed E-state index contributed by atoms with van der Waals surface area (Å²) in [5.41, 5.74) is 1.23. The molecule has 1 N–H and O–H groups in total. The van der Waals surface area contributed by atoms with Gasteiger partial charge in [-0.25, -0.2) is 0 Å². The zero-order valence-electron chi connectivity index (χ0n) is 24.5. The first-order valence-electron chi connectivity index (χ1n) is 14.9. The number of aliphatic hydroxyl groups is 1. The summed E-state index contributed by atoms with van der Waals surface area (Å²) in [4.78, 5) is 46.4. The number of nitrogens with zero attached hydrogens (tertiary/aromatic N) is 2. The number of benzene rings is 2. The number of fused-ring (bicyclic) bond motifs is 1. The second kappa shape index (κ2) is 12.9. The van der Waals surface area contributed by atoms with E-state index in [9.17, 15) is 19.5 Å². The molecule has 3 aliphatic rings. The maximum Gasteiger partial charge on any atom is 0.311 e. The van der Waals surface area contributed by atoms with Gasteiger partial charge in [-0.2, -0.15) is 0 Å². The van der Waals surface area contributed by atoms with E-state index >= 15 is 0 Å². The summed E-state index contributed by atoms with van der Waals surface area (Å²) < 4.78 is 4.35. The van der Waals surface area contributed by atoms with Crippen LogP contribution in [0.1, 0.15) is 50.6 Å². The molecule has 1 spiro atoms. The molecule has 0 saturated carbocycles. The van der Waals surface area contributed by atoms with E-state index in [-0.39, 0.29) is 31.6 Å². The van der Waals surface area contributed by atoms with Crippen molar-refractivity contribution in [3.63, 3.8) is 0 Å². The molecule has 43 heavy (non-hydrogen) atoms. The molecule has 9 heteroatoms. The van der Waals surface area contributed by atoms with Crippen molar-refractivity contribution in [3.05, 3.63) is 90.5 Å². The molecule has 2 bridgehead atoms. The van der Waals surface area contributed by atoms with Crippen LogP contribution in [0.5, 0.6) is 0 Å². The third-order valence-electron chi connectivity index (χ3n) is 9.16. The molecule has 0 aliphatic carbocycles. The Kier molecular flexibility index (Phi) is 9.40. The molecule has 2 aromatic carbocycles. The highest BCUT2D eigenvalue weighted by molar-refractivity contribution is 8.02. The smallest absolute Gasteiger partial charge is 0.311 e. The van der Waals surface area contributed by atoms with Gasteiger partial charge in [-0.15, -0.1) is 24.9 Å². The third kappa shape index (κ3) is 5.42. The molecular weight excluding hydrogens is 584 g/mol. The molecule has 0 aromatic heterocycles. The van der Waals surface area contributed by atoms with Gasteiger partial charge >= 0.3 is 5.97 Å². The van der Waals surface area contributed by atoms with E-state index in [1.54, 1.807) is 45.8 Å². The second-order valence-corrected chi connectivity index (χ2v) is 14.0. The Hall–Kier alpha value is -3.07. The first-order chi connectivity index (χ1) is 20.7. The van der Waals surface area contributed by atoms with Crippen LogP contribution >= 0.6 is 23.4 Å². The number of hydrogen-bond acceptors (Lipinski definition) is 6. The van der Waals surface area contributed by atoms with Crippen LogP contribution in [0.4, 0.5) is 5.69 Å². The standard InChI is InChI=1S/C34H39ClN2O5S/c1-4-6-7-13-21-42-32(41)28-27-30(39)37(26(22-38)23-14-9-8-10-15-23)29(34(27)19-18-33(28,3)43-34)31(40)36(20-5-2)25-17-12-11-16-24(25)35/h4-5,8-12,14-17,26-29,38H,1-2,6-7,13,18-22H2,3H3/t26-,27+,28-,29?,33+,34?/m1/s1. The van der Waals surface area contributed by atoms with Gasteiger partial charge in [0.1, 0.15) is 6.04 Å². The minimum Gasteiger partial charge on any atom is -0.465 e. The van der Waals surface area contributed by atoms with Crippen LogP contribution in [0.15, 0.2) is 79.9 Å². The summed E-state index contributed by atoms with van der Waals surface area (Å²) in [6.45, 7) is 9.70. The molecule has 228 valence electrons. The normalized spacial score (nSPS) is 27.9. The number of aliphatic hydroxyl groups excluding tert-OH is 1. The molecule has 3 heterocycles. The number of rotatable bonds is 13. The molecule has 3 saturated heterocycles. The minimum absolute atomic E-state index is 0.176. The maximum atomic E-state index is 14.9. The Bertz CT molecular complexity index is 1390. The molecule has 2 unspecified atom stereocenters. The largest absolute Gasteiger partial charge is 0.465 e. The number of amides is 2. The number of halogens is 1. The number of hydrogen-bond donors (Lipinski definition) is 1. The summed E-state index contributed by atoms with van der Waals surface area (Å²) in [5, 5.41) is 11.1. The molecule has 7 nitrogen and oxygen atoms in total. The van der Waals surface area contributed by atoms with Crippen molar-refractivity contribution in [3.8, 4) is 0 Å². The molecule has 3 fully saturated rings. The van der Waals surface area contributed by atoms with E-state index in [1.165, 1.54) is 0 Å². The van der Waals surface area contributed by atoms with Gasteiger partial charge in [0, 0.05) is 11.3 Å². The van der Waals surface area contributed by atoms with Crippen LogP contribution in [0, 0.1) is 11.8 Å². The highest BCUT2D eigenvalue weighted by Gasteiger charge is 2.78. The van der Waals surface area contributed by atoms with Crippen molar-refractivity contribution in [2.45, 2.75) is 60.6 Å². The highest BCUT2D eigenvalue weighted by atomic mass is 35.5. The summed E-state index contributed by atoms with van der Waals surface area (Å²) in [6.07, 6.45) is 7.12. The Balaban J connectivity index is 1.59. The quantitative estimate of drug-likeness (QED) is 0.168. The topological polar surface area (TPSA) is 87.1 Å². The number of carbonyl (C=O) groups is 3. The van der Waals surface area contributed by atoms with E-state index in [2.05, 4.69) is 13.2 Å². The number of esters is 1. The Morgan fingerprint density at radius 3 is 2.53 bits per heavy atom. The average Bonchev–Trinajstić information content (AvgIpc) is 3.58. The molecule has 0 radical (unpaired) electrons.